The van der Waals surface area contributed by atoms with Crippen molar-refractivity contribution in [3.63, 3.8) is 0 Å². The van der Waals surface area contributed by atoms with Gasteiger partial charge in [-0.25, -0.2) is 4.79 Å². The van der Waals surface area contributed by atoms with Gasteiger partial charge in [-0.2, -0.15) is 0 Å². The standard InChI is InChI=1S/C19H19ClN2O6/c1-11-17(19(24)27-2)15(18(23)21(11)10-14-4-3-7-28-14)9-12-8-13(22(25)26)5-6-16(12)20/h5-6,8-9,14H,3-4,7,10H2,1-2H3/b15-9-. The molecule has 2 aliphatic heterocycles. The maximum Gasteiger partial charge on any atom is 0.340 e. The van der Waals surface area contributed by atoms with Crippen LogP contribution in [0.3, 0.4) is 0 Å². The summed E-state index contributed by atoms with van der Waals surface area (Å²) in [6.45, 7) is 2.63. The number of benzene rings is 1. The highest BCUT2D eigenvalue weighted by atomic mass is 35.5. The van der Waals surface area contributed by atoms with Crippen molar-refractivity contribution in [1.82, 2.24) is 4.90 Å². The number of ether oxygens (including phenoxy) is 2. The highest BCUT2D eigenvalue weighted by Crippen LogP contribution is 2.34. The summed E-state index contributed by atoms with van der Waals surface area (Å²) in [5.74, 6) is -1.05. The predicted octanol–water partition coefficient (Wildman–Crippen LogP) is 3.10. The fraction of sp³-hybridized carbons (Fsp3) is 0.368. The Kier molecular flexibility index (Phi) is 5.81. The van der Waals surface area contributed by atoms with E-state index in [-0.39, 0.29) is 33.5 Å². The van der Waals surface area contributed by atoms with Gasteiger partial charge in [0.25, 0.3) is 11.6 Å². The SMILES string of the molecule is COC(=O)C1=C(C)N(CC2CCCO2)C(=O)/C1=C\c1cc([N+](=O)[O-])ccc1Cl. The Hall–Kier alpha value is -2.71. The Morgan fingerprint density at radius 1 is 1.50 bits per heavy atom. The van der Waals surface area contributed by atoms with Crippen LogP contribution >= 0.6 is 11.6 Å². The lowest BCUT2D eigenvalue weighted by molar-refractivity contribution is -0.384. The monoisotopic (exact) mass is 406 g/mol. The molecule has 0 bridgehead atoms. The minimum Gasteiger partial charge on any atom is -0.465 e. The molecule has 1 atom stereocenters. The van der Waals surface area contributed by atoms with Gasteiger partial charge in [-0.15, -0.1) is 0 Å². The van der Waals surface area contributed by atoms with Crippen molar-refractivity contribution in [3.05, 3.63) is 55.7 Å². The second-order valence-electron chi connectivity index (χ2n) is 6.52. The number of esters is 1. The average molecular weight is 407 g/mol. The van der Waals surface area contributed by atoms with E-state index >= 15 is 0 Å². The van der Waals surface area contributed by atoms with E-state index in [0.717, 1.165) is 12.8 Å². The van der Waals surface area contributed by atoms with Gasteiger partial charge in [-0.1, -0.05) is 11.6 Å². The summed E-state index contributed by atoms with van der Waals surface area (Å²) in [5.41, 5.74) is 0.767. The van der Waals surface area contributed by atoms with Crippen LogP contribution in [0.15, 0.2) is 35.0 Å². The quantitative estimate of drug-likeness (QED) is 0.322. The number of allylic oxidation sites excluding steroid dienone is 1. The molecule has 2 aliphatic rings. The Labute approximate surface area is 166 Å². The van der Waals surface area contributed by atoms with Gasteiger partial charge < -0.3 is 14.4 Å². The molecule has 8 nitrogen and oxygen atoms in total. The average Bonchev–Trinajstić information content (AvgIpc) is 3.26. The molecule has 0 saturated carbocycles. The molecular weight excluding hydrogens is 388 g/mol. The molecule has 1 aromatic carbocycles. The third-order valence-electron chi connectivity index (χ3n) is 4.80. The molecule has 3 rings (SSSR count). The lowest BCUT2D eigenvalue weighted by atomic mass is 10.0. The molecule has 0 N–H and O–H groups in total. The van der Waals surface area contributed by atoms with E-state index in [2.05, 4.69) is 0 Å². The van der Waals surface area contributed by atoms with E-state index in [1.54, 1.807) is 6.92 Å². The highest BCUT2D eigenvalue weighted by Gasteiger charge is 2.38. The second-order valence-corrected chi connectivity index (χ2v) is 6.93. The van der Waals surface area contributed by atoms with E-state index in [4.69, 9.17) is 21.1 Å². The zero-order chi connectivity index (χ0) is 20.4. The Morgan fingerprint density at radius 3 is 2.86 bits per heavy atom. The minimum absolute atomic E-state index is 0.0877. The molecule has 28 heavy (non-hydrogen) atoms. The van der Waals surface area contributed by atoms with Gasteiger partial charge in [0.15, 0.2) is 0 Å². The Morgan fingerprint density at radius 2 is 2.25 bits per heavy atom. The normalized spacial score (nSPS) is 21.0. The molecule has 1 amide bonds. The van der Waals surface area contributed by atoms with Crippen molar-refractivity contribution >= 4 is 35.2 Å². The number of halogens is 1. The summed E-state index contributed by atoms with van der Waals surface area (Å²) < 4.78 is 10.4. The number of rotatable bonds is 5. The van der Waals surface area contributed by atoms with E-state index in [9.17, 15) is 19.7 Å². The van der Waals surface area contributed by atoms with Crippen LogP contribution in [0.5, 0.6) is 0 Å². The first kappa shape index (κ1) is 20.0. The van der Waals surface area contributed by atoms with Gasteiger partial charge in [0.1, 0.15) is 0 Å². The molecule has 2 heterocycles. The fourth-order valence-electron chi connectivity index (χ4n) is 3.35. The van der Waals surface area contributed by atoms with Gasteiger partial charge in [0.05, 0.1) is 35.8 Å². The summed E-state index contributed by atoms with van der Waals surface area (Å²) in [6, 6.07) is 3.91. The van der Waals surface area contributed by atoms with Crippen LogP contribution < -0.4 is 0 Å². The van der Waals surface area contributed by atoms with Crippen LogP contribution in [0.25, 0.3) is 6.08 Å². The van der Waals surface area contributed by atoms with Crippen molar-refractivity contribution in [3.8, 4) is 0 Å². The summed E-state index contributed by atoms with van der Waals surface area (Å²) >= 11 is 6.15. The number of hydrogen-bond donors (Lipinski definition) is 0. The molecule has 148 valence electrons. The summed E-state index contributed by atoms with van der Waals surface area (Å²) in [5, 5.41) is 11.3. The molecule has 0 aromatic heterocycles. The van der Waals surface area contributed by atoms with E-state index < -0.39 is 16.8 Å². The Balaban J connectivity index is 2.04. The number of hydrogen-bond acceptors (Lipinski definition) is 6. The van der Waals surface area contributed by atoms with Crippen LogP contribution in [0.1, 0.15) is 25.3 Å². The molecule has 1 unspecified atom stereocenters. The summed E-state index contributed by atoms with van der Waals surface area (Å²) in [6.07, 6.45) is 3.05. The Bertz CT molecular complexity index is 902. The molecule has 1 fully saturated rings. The van der Waals surface area contributed by atoms with Gasteiger partial charge in [-0.3, -0.25) is 14.9 Å². The van der Waals surface area contributed by atoms with Crippen molar-refractivity contribution < 1.29 is 24.0 Å². The van der Waals surface area contributed by atoms with Gasteiger partial charge in [0.2, 0.25) is 0 Å². The van der Waals surface area contributed by atoms with Crippen LogP contribution in [-0.4, -0.2) is 48.1 Å². The number of nitrogens with zero attached hydrogens (tertiary/aromatic N) is 2. The van der Waals surface area contributed by atoms with Gasteiger partial charge >= 0.3 is 5.97 Å². The summed E-state index contributed by atoms with van der Waals surface area (Å²) in [7, 11) is 1.23. The van der Waals surface area contributed by atoms with E-state index in [1.807, 2.05) is 0 Å². The molecule has 9 heteroatoms. The maximum atomic E-state index is 13.0. The lowest BCUT2D eigenvalue weighted by Gasteiger charge is -2.21. The van der Waals surface area contributed by atoms with Crippen LogP contribution in [0.4, 0.5) is 5.69 Å². The maximum absolute atomic E-state index is 13.0. The van der Waals surface area contributed by atoms with Crippen molar-refractivity contribution in [2.45, 2.75) is 25.9 Å². The first-order valence-electron chi connectivity index (χ1n) is 8.72. The highest BCUT2D eigenvalue weighted by molar-refractivity contribution is 6.32. The number of amides is 1. The predicted molar refractivity (Wildman–Crippen MR) is 101 cm³/mol. The van der Waals surface area contributed by atoms with Crippen LogP contribution in [-0.2, 0) is 19.1 Å². The third-order valence-corrected chi connectivity index (χ3v) is 5.15. The first-order chi connectivity index (χ1) is 13.3. The topological polar surface area (TPSA) is 99.0 Å². The van der Waals surface area contributed by atoms with Gasteiger partial charge in [-0.05, 0) is 31.9 Å². The third kappa shape index (κ3) is 3.79. The molecule has 0 spiro atoms. The fourth-order valence-corrected chi connectivity index (χ4v) is 3.52. The van der Waals surface area contributed by atoms with Crippen molar-refractivity contribution in [2.24, 2.45) is 0 Å². The number of nitro benzene ring substituents is 1. The van der Waals surface area contributed by atoms with Crippen LogP contribution in [0.2, 0.25) is 5.02 Å². The van der Waals surface area contributed by atoms with Crippen molar-refractivity contribution in [2.75, 3.05) is 20.3 Å². The van der Waals surface area contributed by atoms with Crippen molar-refractivity contribution in [1.29, 1.82) is 0 Å². The summed E-state index contributed by atoms with van der Waals surface area (Å²) in [4.78, 5) is 37.4. The minimum atomic E-state index is -0.659. The van der Waals surface area contributed by atoms with Crippen LogP contribution in [0, 0.1) is 10.1 Å². The number of nitro groups is 1. The smallest absolute Gasteiger partial charge is 0.340 e. The number of carbonyl (C=O) groups is 2. The second kappa shape index (κ2) is 8.12. The number of methoxy groups -OCH3 is 1. The molecular formula is C19H19ClN2O6. The van der Waals surface area contributed by atoms with Gasteiger partial charge in [0, 0.05) is 35.0 Å². The van der Waals surface area contributed by atoms with E-state index in [1.165, 1.54) is 36.3 Å². The molecule has 1 saturated heterocycles. The molecule has 0 aliphatic carbocycles. The van der Waals surface area contributed by atoms with E-state index in [0.29, 0.717) is 18.8 Å². The molecule has 1 aromatic rings. The first-order valence-corrected chi connectivity index (χ1v) is 9.10. The zero-order valence-electron chi connectivity index (χ0n) is 15.4. The zero-order valence-corrected chi connectivity index (χ0v) is 16.2. The lowest BCUT2D eigenvalue weighted by Crippen LogP contribution is -2.33. The number of non-ortho nitro benzene ring substituents is 1. The largest absolute Gasteiger partial charge is 0.465 e. The number of carbonyl (C=O) groups excluding carboxylic acids is 2. The molecule has 0 radical (unpaired) electrons.